The predicted octanol–water partition coefficient (Wildman–Crippen LogP) is 1.68. The molecular weight excluding hydrogens is 180 g/mol. The summed E-state index contributed by atoms with van der Waals surface area (Å²) < 4.78 is 0. The Kier molecular flexibility index (Phi) is 5.72. The van der Waals surface area contributed by atoms with E-state index in [1.165, 1.54) is 0 Å². The fourth-order valence-corrected chi connectivity index (χ4v) is 1.31. The number of rotatable bonds is 6. The van der Waals surface area contributed by atoms with Crippen molar-refractivity contribution < 1.29 is 14.7 Å². The van der Waals surface area contributed by atoms with Crippen LogP contribution in [-0.2, 0) is 9.59 Å². The van der Waals surface area contributed by atoms with Crippen LogP contribution in [0.25, 0.3) is 0 Å². The molecule has 0 radical (unpaired) electrons. The molecule has 0 aliphatic carbocycles. The molecule has 2 atom stereocenters. The lowest BCUT2D eigenvalue weighted by Gasteiger charge is -2.15. The number of hydrogen-bond donors (Lipinski definition) is 1. The number of carbonyl (C=O) groups is 2. The second-order valence-electron chi connectivity index (χ2n) is 2.69. The minimum Gasteiger partial charge on any atom is -0.480 e. The van der Waals surface area contributed by atoms with E-state index < -0.39 is 11.3 Å². The van der Waals surface area contributed by atoms with Crippen LogP contribution in [-0.4, -0.2) is 22.7 Å². The van der Waals surface area contributed by atoms with Gasteiger partial charge in [0.25, 0.3) is 0 Å². The van der Waals surface area contributed by atoms with Gasteiger partial charge in [-0.3, -0.25) is 4.79 Å². The maximum atomic E-state index is 10.4. The monoisotopic (exact) mass is 192 g/mol. The zero-order valence-electron chi connectivity index (χ0n) is 7.00. The van der Waals surface area contributed by atoms with Crippen LogP contribution in [0.2, 0.25) is 0 Å². The largest absolute Gasteiger partial charge is 0.480 e. The van der Waals surface area contributed by atoms with Crippen molar-refractivity contribution in [1.29, 1.82) is 0 Å². The predicted molar refractivity (Wildman–Crippen MR) is 46.4 cm³/mol. The number of hydrogen-bond acceptors (Lipinski definition) is 2. The molecule has 12 heavy (non-hydrogen) atoms. The van der Waals surface area contributed by atoms with E-state index in [2.05, 4.69) is 0 Å². The number of carbonyl (C=O) groups excluding carboxylic acids is 1. The fourth-order valence-electron chi connectivity index (χ4n) is 1.08. The molecule has 0 bridgehead atoms. The SMILES string of the molecule is CCCC(CC=O)C(Cl)C(=O)O. The summed E-state index contributed by atoms with van der Waals surface area (Å²) in [6.07, 6.45) is 2.47. The molecule has 0 aliphatic heterocycles. The van der Waals surface area contributed by atoms with Gasteiger partial charge in [0.1, 0.15) is 11.7 Å². The molecule has 0 heterocycles. The first-order valence-electron chi connectivity index (χ1n) is 3.94. The van der Waals surface area contributed by atoms with Gasteiger partial charge in [-0.2, -0.15) is 0 Å². The van der Waals surface area contributed by atoms with Gasteiger partial charge < -0.3 is 9.90 Å². The Bertz CT molecular complexity index is 158. The molecule has 0 saturated heterocycles. The van der Waals surface area contributed by atoms with Crippen molar-refractivity contribution >= 4 is 23.9 Å². The van der Waals surface area contributed by atoms with Gasteiger partial charge in [0.2, 0.25) is 0 Å². The van der Waals surface area contributed by atoms with Crippen LogP contribution in [0, 0.1) is 5.92 Å². The van der Waals surface area contributed by atoms with Crippen LogP contribution in [0.4, 0.5) is 0 Å². The van der Waals surface area contributed by atoms with Gasteiger partial charge in [0.15, 0.2) is 0 Å². The molecule has 0 aromatic carbocycles. The second kappa shape index (κ2) is 6.00. The van der Waals surface area contributed by atoms with E-state index in [9.17, 15) is 9.59 Å². The number of carboxylic acids is 1. The zero-order chi connectivity index (χ0) is 9.56. The molecule has 70 valence electrons. The smallest absolute Gasteiger partial charge is 0.321 e. The van der Waals surface area contributed by atoms with E-state index in [4.69, 9.17) is 16.7 Å². The summed E-state index contributed by atoms with van der Waals surface area (Å²) in [5.74, 6) is -1.27. The third-order valence-corrected chi connectivity index (χ3v) is 2.25. The Balaban J connectivity index is 4.07. The van der Waals surface area contributed by atoms with Crippen molar-refractivity contribution in [2.75, 3.05) is 0 Å². The van der Waals surface area contributed by atoms with E-state index in [1.807, 2.05) is 6.92 Å². The minimum atomic E-state index is -1.04. The average Bonchev–Trinajstić information content (AvgIpc) is 2.03. The molecule has 4 heteroatoms. The Labute approximate surface area is 76.7 Å². The van der Waals surface area contributed by atoms with Crippen LogP contribution >= 0.6 is 11.6 Å². The number of aldehydes is 1. The lowest BCUT2D eigenvalue weighted by atomic mass is 9.96. The Morgan fingerprint density at radius 3 is 2.58 bits per heavy atom. The van der Waals surface area contributed by atoms with Gasteiger partial charge in [-0.25, -0.2) is 0 Å². The Morgan fingerprint density at radius 2 is 2.25 bits per heavy atom. The van der Waals surface area contributed by atoms with E-state index in [1.54, 1.807) is 0 Å². The maximum absolute atomic E-state index is 10.4. The summed E-state index contributed by atoms with van der Waals surface area (Å²) in [4.78, 5) is 20.6. The Hall–Kier alpha value is -0.570. The van der Waals surface area contributed by atoms with Crippen molar-refractivity contribution in [2.45, 2.75) is 31.6 Å². The van der Waals surface area contributed by atoms with Crippen LogP contribution in [0.1, 0.15) is 26.2 Å². The third kappa shape index (κ3) is 3.72. The molecule has 0 fully saturated rings. The first-order chi connectivity index (χ1) is 5.63. The van der Waals surface area contributed by atoms with Crippen molar-refractivity contribution in [2.24, 2.45) is 5.92 Å². The second-order valence-corrected chi connectivity index (χ2v) is 3.16. The maximum Gasteiger partial charge on any atom is 0.321 e. The molecule has 0 aromatic heterocycles. The van der Waals surface area contributed by atoms with E-state index in [0.717, 1.165) is 12.7 Å². The lowest BCUT2D eigenvalue weighted by molar-refractivity contribution is -0.137. The van der Waals surface area contributed by atoms with Gasteiger partial charge in [0.05, 0.1) is 0 Å². The minimum absolute atomic E-state index is 0.230. The normalized spacial score (nSPS) is 15.2. The number of carboxylic acid groups (broad SMARTS) is 1. The summed E-state index contributed by atoms with van der Waals surface area (Å²) in [5, 5.41) is 7.62. The highest BCUT2D eigenvalue weighted by atomic mass is 35.5. The number of halogens is 1. The lowest BCUT2D eigenvalue weighted by Crippen LogP contribution is -2.24. The van der Waals surface area contributed by atoms with Crippen LogP contribution in [0.3, 0.4) is 0 Å². The molecule has 3 nitrogen and oxygen atoms in total. The topological polar surface area (TPSA) is 54.4 Å². The first-order valence-corrected chi connectivity index (χ1v) is 4.37. The summed E-state index contributed by atoms with van der Waals surface area (Å²) in [6.45, 7) is 1.93. The Morgan fingerprint density at radius 1 is 1.67 bits per heavy atom. The highest BCUT2D eigenvalue weighted by Gasteiger charge is 2.24. The molecule has 0 saturated carbocycles. The quantitative estimate of drug-likeness (QED) is 0.515. The van der Waals surface area contributed by atoms with Gasteiger partial charge in [-0.1, -0.05) is 13.3 Å². The van der Waals surface area contributed by atoms with E-state index in [0.29, 0.717) is 6.42 Å². The molecule has 0 aliphatic rings. The van der Waals surface area contributed by atoms with E-state index in [-0.39, 0.29) is 12.3 Å². The molecular formula is C8H13ClO3. The third-order valence-electron chi connectivity index (χ3n) is 1.71. The van der Waals surface area contributed by atoms with Crippen molar-refractivity contribution in [1.82, 2.24) is 0 Å². The van der Waals surface area contributed by atoms with Gasteiger partial charge in [-0.15, -0.1) is 11.6 Å². The number of alkyl halides is 1. The first kappa shape index (κ1) is 11.4. The average molecular weight is 193 g/mol. The highest BCUT2D eigenvalue weighted by Crippen LogP contribution is 2.19. The number of aliphatic carboxylic acids is 1. The molecule has 0 spiro atoms. The van der Waals surface area contributed by atoms with Crippen LogP contribution in [0.5, 0.6) is 0 Å². The molecule has 0 aromatic rings. The van der Waals surface area contributed by atoms with Gasteiger partial charge in [0, 0.05) is 6.42 Å². The summed E-state index contributed by atoms with van der Waals surface area (Å²) >= 11 is 5.58. The van der Waals surface area contributed by atoms with Gasteiger partial charge >= 0.3 is 5.97 Å². The summed E-state index contributed by atoms with van der Waals surface area (Å²) in [7, 11) is 0. The van der Waals surface area contributed by atoms with Crippen LogP contribution < -0.4 is 0 Å². The molecule has 0 amide bonds. The standard InChI is InChI=1S/C8H13ClO3/c1-2-3-6(4-5-10)7(9)8(11)12/h5-7H,2-4H2,1H3,(H,11,12). The molecule has 0 rings (SSSR count). The van der Waals surface area contributed by atoms with Crippen molar-refractivity contribution in [3.63, 3.8) is 0 Å². The summed E-state index contributed by atoms with van der Waals surface area (Å²) in [6, 6.07) is 0. The molecule has 1 N–H and O–H groups in total. The van der Waals surface area contributed by atoms with Crippen LogP contribution in [0.15, 0.2) is 0 Å². The van der Waals surface area contributed by atoms with Gasteiger partial charge in [-0.05, 0) is 12.3 Å². The highest BCUT2D eigenvalue weighted by molar-refractivity contribution is 6.29. The zero-order valence-corrected chi connectivity index (χ0v) is 7.75. The van der Waals surface area contributed by atoms with Crippen molar-refractivity contribution in [3.8, 4) is 0 Å². The van der Waals surface area contributed by atoms with E-state index >= 15 is 0 Å². The molecule has 2 unspecified atom stereocenters. The van der Waals surface area contributed by atoms with Crippen molar-refractivity contribution in [3.05, 3.63) is 0 Å². The fraction of sp³-hybridized carbons (Fsp3) is 0.750. The summed E-state index contributed by atoms with van der Waals surface area (Å²) in [5.41, 5.74) is 0.